The van der Waals surface area contributed by atoms with E-state index in [1.54, 1.807) is 7.11 Å². The Labute approximate surface area is 182 Å². The van der Waals surface area contributed by atoms with Crippen molar-refractivity contribution in [1.29, 1.82) is 0 Å². The fourth-order valence-corrected chi connectivity index (χ4v) is 4.32. The van der Waals surface area contributed by atoms with Crippen molar-refractivity contribution >= 4 is 28.9 Å². The van der Waals surface area contributed by atoms with Crippen molar-refractivity contribution in [2.24, 2.45) is 0 Å². The second-order valence-corrected chi connectivity index (χ2v) is 8.20. The highest BCUT2D eigenvalue weighted by atomic mass is 35.5. The highest BCUT2D eigenvalue weighted by molar-refractivity contribution is 6.30. The number of benzene rings is 2. The minimum atomic E-state index is 0.0547. The molecular weight excluding hydrogens is 402 g/mol. The summed E-state index contributed by atoms with van der Waals surface area (Å²) in [4.78, 5) is 17.2. The first-order valence-electron chi connectivity index (χ1n) is 10.4. The van der Waals surface area contributed by atoms with Crippen LogP contribution in [0.25, 0.3) is 0 Å². The number of morpholine rings is 1. The van der Waals surface area contributed by atoms with Gasteiger partial charge in [0.1, 0.15) is 5.75 Å². The molecule has 1 atom stereocenters. The van der Waals surface area contributed by atoms with Gasteiger partial charge in [-0.1, -0.05) is 23.7 Å². The van der Waals surface area contributed by atoms with E-state index in [0.29, 0.717) is 11.4 Å². The number of halogens is 1. The molecule has 0 spiro atoms. The fraction of sp³-hybridized carbons (Fsp3) is 0.435. The summed E-state index contributed by atoms with van der Waals surface area (Å²) in [6.45, 7) is 4.88. The summed E-state index contributed by atoms with van der Waals surface area (Å²) in [5.41, 5.74) is 3.16. The van der Waals surface area contributed by atoms with Crippen LogP contribution < -0.4 is 19.9 Å². The van der Waals surface area contributed by atoms with E-state index >= 15 is 0 Å². The maximum atomic E-state index is 12.7. The normalized spacial score (nSPS) is 19.1. The van der Waals surface area contributed by atoms with Gasteiger partial charge in [0, 0.05) is 42.9 Å². The molecule has 0 aromatic heterocycles. The molecule has 2 aromatic carbocycles. The first-order chi connectivity index (χ1) is 14.6. The summed E-state index contributed by atoms with van der Waals surface area (Å²) in [7, 11) is 1.66. The first kappa shape index (κ1) is 20.8. The molecule has 1 amide bonds. The molecule has 6 nitrogen and oxygen atoms in total. The summed E-state index contributed by atoms with van der Waals surface area (Å²) in [6, 6.07) is 14.0. The number of hydrogen-bond donors (Lipinski definition) is 1. The molecule has 1 N–H and O–H groups in total. The zero-order valence-corrected chi connectivity index (χ0v) is 18.0. The van der Waals surface area contributed by atoms with Gasteiger partial charge >= 0.3 is 0 Å². The molecule has 30 heavy (non-hydrogen) atoms. The third-order valence-corrected chi connectivity index (χ3v) is 5.92. The SMILES string of the molecule is COc1ccc(Cl)cc1N1CC[C@@H](NC(=O)Cc2cccc(N3CCOCC3)c2)C1. The van der Waals surface area contributed by atoms with E-state index in [1.165, 1.54) is 0 Å². The molecule has 0 aliphatic carbocycles. The van der Waals surface area contributed by atoms with Crippen LogP contribution in [0.4, 0.5) is 11.4 Å². The maximum absolute atomic E-state index is 12.7. The molecule has 2 saturated heterocycles. The number of methoxy groups -OCH3 is 1. The second kappa shape index (κ2) is 9.58. The van der Waals surface area contributed by atoms with E-state index in [2.05, 4.69) is 27.2 Å². The van der Waals surface area contributed by atoms with E-state index in [1.807, 2.05) is 30.3 Å². The lowest BCUT2D eigenvalue weighted by molar-refractivity contribution is -0.121. The molecule has 0 bridgehead atoms. The lowest BCUT2D eigenvalue weighted by Gasteiger charge is -2.29. The fourth-order valence-electron chi connectivity index (χ4n) is 4.16. The van der Waals surface area contributed by atoms with Gasteiger partial charge in [0.25, 0.3) is 0 Å². The van der Waals surface area contributed by atoms with E-state index in [9.17, 15) is 4.79 Å². The van der Waals surface area contributed by atoms with E-state index in [0.717, 1.165) is 68.5 Å². The number of nitrogens with one attached hydrogen (secondary N) is 1. The quantitative estimate of drug-likeness (QED) is 0.764. The molecule has 2 aliphatic heterocycles. The van der Waals surface area contributed by atoms with Gasteiger partial charge < -0.3 is 24.6 Å². The zero-order valence-electron chi connectivity index (χ0n) is 17.3. The number of carbonyl (C=O) groups is 1. The number of nitrogens with zero attached hydrogens (tertiary/aromatic N) is 2. The van der Waals surface area contributed by atoms with Crippen LogP contribution in [0.5, 0.6) is 5.75 Å². The minimum Gasteiger partial charge on any atom is -0.495 e. The predicted molar refractivity (Wildman–Crippen MR) is 120 cm³/mol. The molecule has 2 heterocycles. The number of amides is 1. The molecule has 0 radical (unpaired) electrons. The van der Waals surface area contributed by atoms with Crippen LogP contribution in [-0.2, 0) is 16.0 Å². The minimum absolute atomic E-state index is 0.0547. The molecule has 0 saturated carbocycles. The van der Waals surface area contributed by atoms with Crippen LogP contribution in [0.15, 0.2) is 42.5 Å². The first-order valence-corrected chi connectivity index (χ1v) is 10.8. The highest BCUT2D eigenvalue weighted by Crippen LogP contribution is 2.33. The number of hydrogen-bond acceptors (Lipinski definition) is 5. The maximum Gasteiger partial charge on any atom is 0.224 e. The van der Waals surface area contributed by atoms with Crippen molar-refractivity contribution in [3.63, 3.8) is 0 Å². The Bertz CT molecular complexity index is 886. The molecule has 2 fully saturated rings. The smallest absolute Gasteiger partial charge is 0.224 e. The van der Waals surface area contributed by atoms with Crippen molar-refractivity contribution in [2.75, 3.05) is 56.3 Å². The monoisotopic (exact) mass is 429 g/mol. The predicted octanol–water partition coefficient (Wildman–Crippen LogP) is 3.12. The summed E-state index contributed by atoms with van der Waals surface area (Å²) in [6.07, 6.45) is 1.28. The number of ether oxygens (including phenoxy) is 2. The molecular formula is C23H28ClN3O3. The molecule has 160 valence electrons. The van der Waals surface area contributed by atoms with Crippen LogP contribution in [0.1, 0.15) is 12.0 Å². The van der Waals surface area contributed by atoms with Crippen LogP contribution in [0, 0.1) is 0 Å². The highest BCUT2D eigenvalue weighted by Gasteiger charge is 2.26. The summed E-state index contributed by atoms with van der Waals surface area (Å²) >= 11 is 6.17. The Morgan fingerprint density at radius 2 is 2.00 bits per heavy atom. The Morgan fingerprint density at radius 1 is 1.17 bits per heavy atom. The van der Waals surface area contributed by atoms with Crippen molar-refractivity contribution < 1.29 is 14.3 Å². The Morgan fingerprint density at radius 3 is 2.80 bits per heavy atom. The van der Waals surface area contributed by atoms with Crippen LogP contribution in [0.2, 0.25) is 5.02 Å². The number of rotatable bonds is 6. The van der Waals surface area contributed by atoms with Crippen molar-refractivity contribution in [3.8, 4) is 5.75 Å². The lowest BCUT2D eigenvalue weighted by Crippen LogP contribution is -2.38. The molecule has 7 heteroatoms. The second-order valence-electron chi connectivity index (χ2n) is 7.76. The summed E-state index contributed by atoms with van der Waals surface area (Å²) in [5.74, 6) is 0.852. The third-order valence-electron chi connectivity index (χ3n) is 5.69. The molecule has 0 unspecified atom stereocenters. The van der Waals surface area contributed by atoms with Gasteiger partial charge in [0.2, 0.25) is 5.91 Å². The lowest BCUT2D eigenvalue weighted by atomic mass is 10.1. The Balaban J connectivity index is 1.34. The van der Waals surface area contributed by atoms with Crippen molar-refractivity contribution in [2.45, 2.75) is 18.9 Å². The van der Waals surface area contributed by atoms with Gasteiger partial charge in [0.05, 0.1) is 32.4 Å². The van der Waals surface area contributed by atoms with Gasteiger partial charge in [-0.05, 0) is 42.3 Å². The topological polar surface area (TPSA) is 54.0 Å². The van der Waals surface area contributed by atoms with Gasteiger partial charge in [-0.2, -0.15) is 0 Å². The average Bonchev–Trinajstić information content (AvgIpc) is 3.22. The van der Waals surface area contributed by atoms with Crippen LogP contribution >= 0.6 is 11.6 Å². The van der Waals surface area contributed by atoms with E-state index in [-0.39, 0.29) is 11.9 Å². The Hall–Kier alpha value is -2.44. The molecule has 2 aliphatic rings. The standard InChI is InChI=1S/C23H28ClN3O3/c1-29-22-6-5-18(24)15-21(22)27-8-7-19(16-27)25-23(28)14-17-3-2-4-20(13-17)26-9-11-30-12-10-26/h2-6,13,15,19H,7-12,14,16H2,1H3,(H,25,28)/t19-/m1/s1. The van der Waals surface area contributed by atoms with Gasteiger partial charge in [0.15, 0.2) is 0 Å². The Kier molecular flexibility index (Phi) is 6.65. The third kappa shape index (κ3) is 4.99. The van der Waals surface area contributed by atoms with Gasteiger partial charge in [-0.15, -0.1) is 0 Å². The van der Waals surface area contributed by atoms with Gasteiger partial charge in [-0.3, -0.25) is 4.79 Å². The molecule has 2 aromatic rings. The van der Waals surface area contributed by atoms with E-state index in [4.69, 9.17) is 21.1 Å². The van der Waals surface area contributed by atoms with Crippen LogP contribution in [-0.4, -0.2) is 58.5 Å². The van der Waals surface area contributed by atoms with E-state index < -0.39 is 0 Å². The molecule has 4 rings (SSSR count). The summed E-state index contributed by atoms with van der Waals surface area (Å²) in [5, 5.41) is 3.87. The number of carbonyl (C=O) groups excluding carboxylic acids is 1. The largest absolute Gasteiger partial charge is 0.495 e. The van der Waals surface area contributed by atoms with Crippen LogP contribution in [0.3, 0.4) is 0 Å². The van der Waals surface area contributed by atoms with Crippen molar-refractivity contribution in [3.05, 3.63) is 53.1 Å². The number of anilines is 2. The zero-order chi connectivity index (χ0) is 20.9. The van der Waals surface area contributed by atoms with Gasteiger partial charge in [-0.25, -0.2) is 0 Å². The summed E-state index contributed by atoms with van der Waals surface area (Å²) < 4.78 is 10.9. The van der Waals surface area contributed by atoms with Crippen molar-refractivity contribution in [1.82, 2.24) is 5.32 Å². The average molecular weight is 430 g/mol.